The van der Waals surface area contributed by atoms with Crippen molar-refractivity contribution in [1.29, 1.82) is 0 Å². The minimum Gasteiger partial charge on any atom is -0.344 e. The van der Waals surface area contributed by atoms with Crippen LogP contribution in [-0.2, 0) is 26.2 Å². The highest BCUT2D eigenvalue weighted by Crippen LogP contribution is 2.08. The summed E-state index contributed by atoms with van der Waals surface area (Å²) in [6, 6.07) is 5.80. The molecule has 1 rings (SSSR count). The fourth-order valence-electron chi connectivity index (χ4n) is 2.05. The van der Waals surface area contributed by atoms with Crippen molar-refractivity contribution in [2.45, 2.75) is 38.1 Å². The van der Waals surface area contributed by atoms with Gasteiger partial charge in [0.25, 0.3) is 0 Å². The summed E-state index contributed by atoms with van der Waals surface area (Å²) in [4.78, 5) is 25.5. The standard InChI is InChI=1S/C15H23N3O4S/c1-3-9-18(10-4-2)15(20)14(19)17-11-12-5-7-13(8-6-12)23(16,21)22/h5-8H,3-4,9-11H2,1-2H3,(H,17,19)(H2,16,21,22). The summed E-state index contributed by atoms with van der Waals surface area (Å²) in [5.41, 5.74) is 0.677. The van der Waals surface area contributed by atoms with Crippen molar-refractivity contribution in [3.05, 3.63) is 29.8 Å². The Morgan fingerprint density at radius 2 is 1.61 bits per heavy atom. The average molecular weight is 341 g/mol. The van der Waals surface area contributed by atoms with E-state index >= 15 is 0 Å². The zero-order chi connectivity index (χ0) is 17.5. The molecule has 8 heteroatoms. The highest BCUT2D eigenvalue weighted by Gasteiger charge is 2.20. The Kier molecular flexibility index (Phi) is 7.18. The summed E-state index contributed by atoms with van der Waals surface area (Å²) >= 11 is 0. The molecule has 128 valence electrons. The van der Waals surface area contributed by atoms with Crippen molar-refractivity contribution in [1.82, 2.24) is 10.2 Å². The lowest BCUT2D eigenvalue weighted by atomic mass is 10.2. The van der Waals surface area contributed by atoms with Gasteiger partial charge in [-0.25, -0.2) is 13.6 Å². The number of carbonyl (C=O) groups is 2. The molecule has 0 aromatic heterocycles. The predicted molar refractivity (Wildman–Crippen MR) is 86.8 cm³/mol. The van der Waals surface area contributed by atoms with Crippen LogP contribution in [0.3, 0.4) is 0 Å². The van der Waals surface area contributed by atoms with E-state index in [1.54, 1.807) is 12.1 Å². The SMILES string of the molecule is CCCN(CCC)C(=O)C(=O)NCc1ccc(S(N)(=O)=O)cc1. The Balaban J connectivity index is 2.63. The lowest BCUT2D eigenvalue weighted by Crippen LogP contribution is -2.43. The second-order valence-corrected chi connectivity index (χ2v) is 6.73. The van der Waals surface area contributed by atoms with Gasteiger partial charge in [-0.3, -0.25) is 9.59 Å². The molecule has 2 amide bonds. The maximum atomic E-state index is 12.0. The van der Waals surface area contributed by atoms with Gasteiger partial charge in [0.05, 0.1) is 4.90 Å². The highest BCUT2D eigenvalue weighted by molar-refractivity contribution is 7.89. The van der Waals surface area contributed by atoms with Crippen LogP contribution in [0.5, 0.6) is 0 Å². The van der Waals surface area contributed by atoms with Gasteiger partial charge in [0.15, 0.2) is 0 Å². The molecule has 0 aliphatic rings. The normalized spacial score (nSPS) is 11.1. The van der Waals surface area contributed by atoms with E-state index in [0.717, 1.165) is 12.8 Å². The van der Waals surface area contributed by atoms with Crippen molar-refractivity contribution in [2.75, 3.05) is 13.1 Å². The van der Waals surface area contributed by atoms with E-state index in [-0.39, 0.29) is 11.4 Å². The first-order valence-corrected chi connectivity index (χ1v) is 9.03. The molecule has 0 heterocycles. The Labute approximate surface area is 136 Å². The number of amides is 2. The third-order valence-corrected chi connectivity index (χ3v) is 4.10. The molecule has 0 aliphatic carbocycles. The van der Waals surface area contributed by atoms with Crippen LogP contribution in [0, 0.1) is 0 Å². The molecule has 0 saturated carbocycles. The van der Waals surface area contributed by atoms with Crippen LogP contribution < -0.4 is 10.5 Å². The monoisotopic (exact) mass is 341 g/mol. The number of nitrogens with two attached hydrogens (primary N) is 1. The molecular weight excluding hydrogens is 318 g/mol. The maximum absolute atomic E-state index is 12.0. The van der Waals surface area contributed by atoms with Crippen LogP contribution in [0.1, 0.15) is 32.3 Å². The molecule has 0 spiro atoms. The lowest BCUT2D eigenvalue weighted by Gasteiger charge is -2.20. The Morgan fingerprint density at radius 3 is 2.04 bits per heavy atom. The van der Waals surface area contributed by atoms with Gasteiger partial charge in [-0.2, -0.15) is 0 Å². The molecule has 0 atom stereocenters. The third kappa shape index (κ3) is 5.99. The molecule has 0 fully saturated rings. The summed E-state index contributed by atoms with van der Waals surface area (Å²) in [7, 11) is -3.74. The fraction of sp³-hybridized carbons (Fsp3) is 0.467. The summed E-state index contributed by atoms with van der Waals surface area (Å²) in [6.07, 6.45) is 1.57. The number of carbonyl (C=O) groups excluding carboxylic acids is 2. The van der Waals surface area contributed by atoms with E-state index in [0.29, 0.717) is 18.7 Å². The Bertz CT molecular complexity index is 635. The summed E-state index contributed by atoms with van der Waals surface area (Å²) < 4.78 is 22.3. The molecule has 0 aliphatic heterocycles. The van der Waals surface area contributed by atoms with E-state index in [1.807, 2.05) is 13.8 Å². The van der Waals surface area contributed by atoms with Crippen LogP contribution in [0.4, 0.5) is 0 Å². The van der Waals surface area contributed by atoms with Crippen LogP contribution in [0.25, 0.3) is 0 Å². The van der Waals surface area contributed by atoms with Crippen LogP contribution in [0.15, 0.2) is 29.2 Å². The first-order valence-electron chi connectivity index (χ1n) is 7.48. The molecule has 1 aromatic carbocycles. The van der Waals surface area contributed by atoms with E-state index in [9.17, 15) is 18.0 Å². The van der Waals surface area contributed by atoms with Gasteiger partial charge >= 0.3 is 11.8 Å². The molecule has 0 unspecified atom stereocenters. The van der Waals surface area contributed by atoms with E-state index in [2.05, 4.69) is 5.32 Å². The zero-order valence-corrected chi connectivity index (χ0v) is 14.2. The summed E-state index contributed by atoms with van der Waals surface area (Å²) in [5.74, 6) is -1.21. The second-order valence-electron chi connectivity index (χ2n) is 5.16. The molecule has 0 bridgehead atoms. The number of hydrogen-bond donors (Lipinski definition) is 2. The first-order chi connectivity index (χ1) is 10.8. The van der Waals surface area contributed by atoms with Gasteiger partial charge in [-0.05, 0) is 30.5 Å². The van der Waals surface area contributed by atoms with Gasteiger partial charge in [0.2, 0.25) is 10.0 Å². The van der Waals surface area contributed by atoms with Crippen LogP contribution in [-0.4, -0.2) is 38.2 Å². The van der Waals surface area contributed by atoms with Crippen molar-refractivity contribution in [3.63, 3.8) is 0 Å². The summed E-state index contributed by atoms with van der Waals surface area (Å²) in [5, 5.41) is 7.55. The van der Waals surface area contributed by atoms with Crippen molar-refractivity contribution < 1.29 is 18.0 Å². The molecule has 1 aromatic rings. The van der Waals surface area contributed by atoms with Crippen LogP contribution >= 0.6 is 0 Å². The molecule has 23 heavy (non-hydrogen) atoms. The number of rotatable bonds is 7. The van der Waals surface area contributed by atoms with Crippen LogP contribution in [0.2, 0.25) is 0 Å². The van der Waals surface area contributed by atoms with Gasteiger partial charge in [0.1, 0.15) is 0 Å². The number of nitrogens with zero attached hydrogens (tertiary/aromatic N) is 1. The molecule has 3 N–H and O–H groups in total. The number of primary sulfonamides is 1. The fourth-order valence-corrected chi connectivity index (χ4v) is 2.57. The molecule has 7 nitrogen and oxygen atoms in total. The molecular formula is C15H23N3O4S. The second kappa shape index (κ2) is 8.64. The van der Waals surface area contributed by atoms with Crippen molar-refractivity contribution >= 4 is 21.8 Å². The van der Waals surface area contributed by atoms with E-state index in [1.165, 1.54) is 17.0 Å². The quantitative estimate of drug-likeness (QED) is 0.708. The van der Waals surface area contributed by atoms with Gasteiger partial charge in [0, 0.05) is 19.6 Å². The Hall–Kier alpha value is -1.93. The molecule has 0 radical (unpaired) electrons. The van der Waals surface area contributed by atoms with Crippen molar-refractivity contribution in [3.8, 4) is 0 Å². The topological polar surface area (TPSA) is 110 Å². The van der Waals surface area contributed by atoms with Gasteiger partial charge in [-0.1, -0.05) is 26.0 Å². The zero-order valence-electron chi connectivity index (χ0n) is 13.4. The highest BCUT2D eigenvalue weighted by atomic mass is 32.2. The largest absolute Gasteiger partial charge is 0.344 e. The van der Waals surface area contributed by atoms with Gasteiger partial charge in [-0.15, -0.1) is 0 Å². The number of nitrogens with one attached hydrogen (secondary N) is 1. The average Bonchev–Trinajstić information content (AvgIpc) is 2.51. The maximum Gasteiger partial charge on any atom is 0.311 e. The summed E-state index contributed by atoms with van der Waals surface area (Å²) in [6.45, 7) is 5.12. The number of hydrogen-bond acceptors (Lipinski definition) is 4. The third-order valence-electron chi connectivity index (χ3n) is 3.17. The molecule has 0 saturated heterocycles. The first kappa shape index (κ1) is 19.1. The van der Waals surface area contributed by atoms with E-state index in [4.69, 9.17) is 5.14 Å². The minimum absolute atomic E-state index is 0.000666. The lowest BCUT2D eigenvalue weighted by molar-refractivity contribution is -0.146. The van der Waals surface area contributed by atoms with Gasteiger partial charge < -0.3 is 10.2 Å². The van der Waals surface area contributed by atoms with E-state index < -0.39 is 21.8 Å². The number of sulfonamides is 1. The minimum atomic E-state index is -3.74. The Morgan fingerprint density at radius 1 is 1.09 bits per heavy atom. The number of benzene rings is 1. The predicted octanol–water partition coefficient (Wildman–Crippen LogP) is 0.599. The van der Waals surface area contributed by atoms with Crippen molar-refractivity contribution in [2.24, 2.45) is 5.14 Å². The smallest absolute Gasteiger partial charge is 0.311 e.